The number of alkyl halides is 1. The summed E-state index contributed by atoms with van der Waals surface area (Å²) in [5.41, 5.74) is 0. The molecule has 0 amide bonds. The minimum atomic E-state index is -0.00339. The first-order valence-electron chi connectivity index (χ1n) is 10.9. The van der Waals surface area contributed by atoms with Crippen molar-refractivity contribution in [3.63, 3.8) is 0 Å². The number of ether oxygens (including phenoxy) is 2. The molecule has 2 nitrogen and oxygen atoms in total. The van der Waals surface area contributed by atoms with E-state index in [2.05, 4.69) is 54.1 Å². The van der Waals surface area contributed by atoms with E-state index in [1.165, 1.54) is 51.4 Å². The van der Waals surface area contributed by atoms with Gasteiger partial charge in [0.2, 0.25) is 0 Å². The van der Waals surface area contributed by atoms with Crippen LogP contribution in [0.4, 0.5) is 0 Å². The van der Waals surface area contributed by atoms with Gasteiger partial charge >= 0.3 is 0 Å². The number of rotatable bonds is 20. The second-order valence-electron chi connectivity index (χ2n) is 6.81. The molecule has 0 heterocycles. The van der Waals surface area contributed by atoms with Crippen molar-refractivity contribution >= 4 is 15.9 Å². The Balaban J connectivity index is 3.85. The van der Waals surface area contributed by atoms with Gasteiger partial charge in [0.1, 0.15) is 0 Å². The second kappa shape index (κ2) is 22.9. The van der Waals surface area contributed by atoms with Crippen molar-refractivity contribution in [2.45, 2.75) is 104 Å². The van der Waals surface area contributed by atoms with E-state index in [0.29, 0.717) is 0 Å². The molecule has 0 unspecified atom stereocenters. The van der Waals surface area contributed by atoms with Crippen molar-refractivity contribution in [3.8, 4) is 0 Å². The highest BCUT2D eigenvalue weighted by atomic mass is 79.9. The van der Waals surface area contributed by atoms with E-state index in [-0.39, 0.29) is 6.29 Å². The van der Waals surface area contributed by atoms with Crippen LogP contribution in [-0.4, -0.2) is 24.8 Å². The van der Waals surface area contributed by atoms with Crippen molar-refractivity contribution < 1.29 is 9.47 Å². The maximum atomic E-state index is 6.03. The molecular formula is C23H43BrO2. The molecule has 26 heavy (non-hydrogen) atoms. The van der Waals surface area contributed by atoms with Gasteiger partial charge in [0.25, 0.3) is 0 Å². The summed E-state index contributed by atoms with van der Waals surface area (Å²) in [6, 6.07) is 0. The fourth-order valence-electron chi connectivity index (χ4n) is 2.70. The van der Waals surface area contributed by atoms with Crippen molar-refractivity contribution in [3.05, 3.63) is 24.3 Å². The van der Waals surface area contributed by atoms with Crippen LogP contribution in [0.5, 0.6) is 0 Å². The average Bonchev–Trinajstić information content (AvgIpc) is 2.65. The zero-order valence-corrected chi connectivity index (χ0v) is 19.0. The van der Waals surface area contributed by atoms with Gasteiger partial charge < -0.3 is 9.47 Å². The normalized spacial score (nSPS) is 12.2. The van der Waals surface area contributed by atoms with Gasteiger partial charge in [-0.15, -0.1) is 0 Å². The van der Waals surface area contributed by atoms with Crippen molar-refractivity contribution in [2.75, 3.05) is 18.5 Å². The lowest BCUT2D eigenvalue weighted by molar-refractivity contribution is -0.147. The quantitative estimate of drug-likeness (QED) is 0.0842. The molecule has 0 aliphatic heterocycles. The first kappa shape index (κ1) is 25.9. The van der Waals surface area contributed by atoms with Crippen molar-refractivity contribution in [1.29, 1.82) is 0 Å². The summed E-state index contributed by atoms with van der Waals surface area (Å²) in [4.78, 5) is 0. The monoisotopic (exact) mass is 430 g/mol. The predicted molar refractivity (Wildman–Crippen MR) is 119 cm³/mol. The van der Waals surface area contributed by atoms with E-state index in [0.717, 1.165) is 50.6 Å². The third-order valence-corrected chi connectivity index (χ3v) is 4.83. The van der Waals surface area contributed by atoms with Crippen molar-refractivity contribution in [1.82, 2.24) is 0 Å². The molecule has 0 saturated carbocycles. The minimum Gasteiger partial charge on any atom is -0.353 e. The lowest BCUT2D eigenvalue weighted by Gasteiger charge is -2.18. The predicted octanol–water partition coefficient (Wildman–Crippen LogP) is 7.96. The van der Waals surface area contributed by atoms with Crippen LogP contribution < -0.4 is 0 Å². The Morgan fingerprint density at radius 1 is 0.654 bits per heavy atom. The smallest absolute Gasteiger partial charge is 0.157 e. The number of unbranched alkanes of at least 4 members (excludes halogenated alkanes) is 7. The van der Waals surface area contributed by atoms with Gasteiger partial charge in [-0.2, -0.15) is 0 Å². The molecule has 0 atom stereocenters. The molecule has 0 saturated heterocycles. The molecule has 0 aliphatic rings. The molecule has 0 aromatic heterocycles. The average molecular weight is 431 g/mol. The summed E-state index contributed by atoms with van der Waals surface area (Å²) >= 11 is 3.50. The fourth-order valence-corrected chi connectivity index (χ4v) is 3.10. The second-order valence-corrected chi connectivity index (χ2v) is 7.61. The molecule has 0 aromatic rings. The third-order valence-electron chi connectivity index (χ3n) is 4.27. The van der Waals surface area contributed by atoms with Crippen LogP contribution in [0.25, 0.3) is 0 Å². The standard InChI is InChI=1S/C23H43BrO2/c1-3-5-7-9-13-17-21-25-23(19-15-11-12-16-20-24)26-22-18-14-10-8-6-4-2/h5-8,23H,3-4,9-22H2,1-2H3/b7-5-,8-6-. The molecule has 0 N–H and O–H groups in total. The highest BCUT2D eigenvalue weighted by molar-refractivity contribution is 9.09. The zero-order valence-electron chi connectivity index (χ0n) is 17.4. The van der Waals surface area contributed by atoms with Crippen LogP contribution in [0.3, 0.4) is 0 Å². The van der Waals surface area contributed by atoms with Crippen molar-refractivity contribution in [2.24, 2.45) is 0 Å². The van der Waals surface area contributed by atoms with Gasteiger partial charge in [-0.3, -0.25) is 0 Å². The maximum Gasteiger partial charge on any atom is 0.157 e. The molecule has 0 spiro atoms. The fraction of sp³-hybridized carbons (Fsp3) is 0.826. The molecular weight excluding hydrogens is 388 g/mol. The molecule has 0 aliphatic carbocycles. The first-order valence-corrected chi connectivity index (χ1v) is 12.1. The third kappa shape index (κ3) is 20.2. The number of halogens is 1. The van der Waals surface area contributed by atoms with E-state index >= 15 is 0 Å². The zero-order chi connectivity index (χ0) is 19.1. The molecule has 0 fully saturated rings. The number of hydrogen-bond acceptors (Lipinski definition) is 2. The van der Waals surface area contributed by atoms with E-state index in [1.54, 1.807) is 0 Å². The Kier molecular flexibility index (Phi) is 22.8. The lowest BCUT2D eigenvalue weighted by atomic mass is 10.1. The van der Waals surface area contributed by atoms with Gasteiger partial charge in [0.15, 0.2) is 6.29 Å². The summed E-state index contributed by atoms with van der Waals surface area (Å²) in [7, 11) is 0. The molecule has 0 aromatic carbocycles. The molecule has 0 bridgehead atoms. The summed E-state index contributed by atoms with van der Waals surface area (Å²) in [6.07, 6.45) is 24.4. The van der Waals surface area contributed by atoms with Crippen LogP contribution in [0.15, 0.2) is 24.3 Å². The van der Waals surface area contributed by atoms with Crippen LogP contribution in [0.1, 0.15) is 97.3 Å². The topological polar surface area (TPSA) is 18.5 Å². The highest BCUT2D eigenvalue weighted by Crippen LogP contribution is 2.12. The van der Waals surface area contributed by atoms with Gasteiger partial charge in [-0.05, 0) is 70.6 Å². The molecule has 3 heteroatoms. The van der Waals surface area contributed by atoms with Gasteiger partial charge in [0, 0.05) is 18.5 Å². The molecule has 0 radical (unpaired) electrons. The maximum absolute atomic E-state index is 6.03. The SMILES string of the molecule is CC/C=C\CCCCOC(CCCCCCBr)OCCCC/C=C\CC. The largest absolute Gasteiger partial charge is 0.353 e. The Morgan fingerprint density at radius 3 is 1.69 bits per heavy atom. The number of hydrogen-bond donors (Lipinski definition) is 0. The van der Waals surface area contributed by atoms with Crippen LogP contribution in [0.2, 0.25) is 0 Å². The molecule has 0 rings (SSSR count). The van der Waals surface area contributed by atoms with Crippen LogP contribution in [0, 0.1) is 0 Å². The first-order chi connectivity index (χ1) is 12.8. The molecule has 154 valence electrons. The van der Waals surface area contributed by atoms with Gasteiger partial charge in [-0.25, -0.2) is 0 Å². The summed E-state index contributed by atoms with van der Waals surface area (Å²) < 4.78 is 12.1. The highest BCUT2D eigenvalue weighted by Gasteiger charge is 2.09. The summed E-state index contributed by atoms with van der Waals surface area (Å²) in [6.45, 7) is 6.01. The minimum absolute atomic E-state index is 0.00339. The summed E-state index contributed by atoms with van der Waals surface area (Å²) in [5.74, 6) is 0. The van der Waals surface area contributed by atoms with Gasteiger partial charge in [0.05, 0.1) is 0 Å². The Bertz CT molecular complexity index is 291. The summed E-state index contributed by atoms with van der Waals surface area (Å²) in [5, 5.41) is 1.11. The lowest BCUT2D eigenvalue weighted by Crippen LogP contribution is -2.19. The van der Waals surface area contributed by atoms with E-state index in [4.69, 9.17) is 9.47 Å². The van der Waals surface area contributed by atoms with E-state index in [9.17, 15) is 0 Å². The van der Waals surface area contributed by atoms with E-state index < -0.39 is 0 Å². The Hall–Kier alpha value is -0.120. The Morgan fingerprint density at radius 2 is 1.19 bits per heavy atom. The number of allylic oxidation sites excluding steroid dienone is 4. The van der Waals surface area contributed by atoms with E-state index in [1.807, 2.05) is 0 Å². The van der Waals surface area contributed by atoms with Crippen LogP contribution >= 0.6 is 15.9 Å². The van der Waals surface area contributed by atoms with Crippen LogP contribution in [-0.2, 0) is 9.47 Å². The Labute approximate surface area is 171 Å². The van der Waals surface area contributed by atoms with Gasteiger partial charge in [-0.1, -0.05) is 66.9 Å².